The van der Waals surface area contributed by atoms with E-state index in [4.69, 9.17) is 14.2 Å². The summed E-state index contributed by atoms with van der Waals surface area (Å²) in [5.74, 6) is -1.65. The second-order valence-electron chi connectivity index (χ2n) is 5.41. The van der Waals surface area contributed by atoms with Gasteiger partial charge in [-0.05, 0) is 17.7 Å². The van der Waals surface area contributed by atoms with Gasteiger partial charge in [0.1, 0.15) is 5.75 Å². The number of benzene rings is 1. The minimum Gasteiger partial charge on any atom is -0.508 e. The van der Waals surface area contributed by atoms with Crippen molar-refractivity contribution in [3.8, 4) is 5.75 Å². The first-order valence-electron chi connectivity index (χ1n) is 7.65. The molecule has 0 bridgehead atoms. The summed E-state index contributed by atoms with van der Waals surface area (Å²) in [6.07, 6.45) is 3.27. The van der Waals surface area contributed by atoms with Crippen molar-refractivity contribution in [2.24, 2.45) is 0 Å². The number of ether oxygens (including phenoxy) is 3. The molecule has 0 fully saturated rings. The van der Waals surface area contributed by atoms with E-state index in [1.165, 1.54) is 26.4 Å². The fourth-order valence-corrected chi connectivity index (χ4v) is 2.64. The van der Waals surface area contributed by atoms with E-state index >= 15 is 0 Å². The highest BCUT2D eigenvalue weighted by Gasteiger charge is 2.35. The van der Waals surface area contributed by atoms with Crippen molar-refractivity contribution in [1.29, 1.82) is 0 Å². The molecule has 7 nitrogen and oxygen atoms in total. The molecule has 7 heteroatoms. The highest BCUT2D eigenvalue weighted by Crippen LogP contribution is 2.37. The van der Waals surface area contributed by atoms with E-state index in [1.54, 1.807) is 36.5 Å². The van der Waals surface area contributed by atoms with Crippen LogP contribution in [0.4, 0.5) is 0 Å². The molecule has 0 spiro atoms. The SMILES string of the molecule is COCCN1C=C(C(=O)OC)C(c2ccc(O)cc2)C(C(=O)OC)=C1. The lowest BCUT2D eigenvalue weighted by Gasteiger charge is -2.29. The molecule has 1 aromatic carbocycles. The normalized spacial score (nSPS) is 14.6. The molecule has 0 saturated heterocycles. The zero-order chi connectivity index (χ0) is 18.4. The maximum atomic E-state index is 12.3. The van der Waals surface area contributed by atoms with Crippen LogP contribution in [0.5, 0.6) is 5.75 Å². The van der Waals surface area contributed by atoms with Gasteiger partial charge >= 0.3 is 11.9 Å². The number of carbonyl (C=O) groups is 2. The third-order valence-electron chi connectivity index (χ3n) is 3.85. The van der Waals surface area contributed by atoms with Crippen molar-refractivity contribution in [3.05, 3.63) is 53.4 Å². The molecule has 1 aliphatic heterocycles. The smallest absolute Gasteiger partial charge is 0.336 e. The minimum absolute atomic E-state index is 0.0912. The summed E-state index contributed by atoms with van der Waals surface area (Å²) >= 11 is 0. The Bertz CT molecular complexity index is 658. The van der Waals surface area contributed by atoms with Crippen molar-refractivity contribution in [2.75, 3.05) is 34.5 Å². The number of phenols is 1. The maximum Gasteiger partial charge on any atom is 0.336 e. The van der Waals surface area contributed by atoms with Crippen LogP contribution in [0, 0.1) is 0 Å². The minimum atomic E-state index is -0.653. The summed E-state index contributed by atoms with van der Waals surface area (Å²) in [6, 6.07) is 6.30. The Morgan fingerprint density at radius 2 is 1.52 bits per heavy atom. The maximum absolute atomic E-state index is 12.3. The summed E-state index contributed by atoms with van der Waals surface area (Å²) in [5, 5.41) is 9.50. The average Bonchev–Trinajstić information content (AvgIpc) is 2.65. The molecule has 2 rings (SSSR count). The standard InChI is InChI=1S/C18H21NO6/c1-23-9-8-19-10-14(17(21)24-2)16(15(11-19)18(22)25-3)12-4-6-13(20)7-5-12/h4-7,10-11,16,20H,8-9H2,1-3H3. The Hall–Kier alpha value is -2.80. The highest BCUT2D eigenvalue weighted by atomic mass is 16.5. The Morgan fingerprint density at radius 3 is 1.96 bits per heavy atom. The number of esters is 2. The first-order chi connectivity index (χ1) is 12.0. The van der Waals surface area contributed by atoms with E-state index in [0.717, 1.165) is 0 Å². The molecule has 1 heterocycles. The molecule has 0 saturated carbocycles. The van der Waals surface area contributed by atoms with Crippen LogP contribution < -0.4 is 0 Å². The van der Waals surface area contributed by atoms with Crippen molar-refractivity contribution in [3.63, 3.8) is 0 Å². The molecule has 25 heavy (non-hydrogen) atoms. The number of methoxy groups -OCH3 is 3. The number of aromatic hydroxyl groups is 1. The molecular formula is C18H21NO6. The second kappa shape index (κ2) is 8.34. The molecule has 0 amide bonds. The highest BCUT2D eigenvalue weighted by molar-refractivity contribution is 5.98. The molecule has 0 atom stereocenters. The van der Waals surface area contributed by atoms with E-state index in [0.29, 0.717) is 29.9 Å². The molecule has 1 N–H and O–H groups in total. The topological polar surface area (TPSA) is 85.3 Å². The zero-order valence-corrected chi connectivity index (χ0v) is 14.4. The van der Waals surface area contributed by atoms with Gasteiger partial charge in [-0.3, -0.25) is 0 Å². The Morgan fingerprint density at radius 1 is 1.00 bits per heavy atom. The van der Waals surface area contributed by atoms with Crippen molar-refractivity contribution in [2.45, 2.75) is 5.92 Å². The number of nitrogens with zero attached hydrogens (tertiary/aromatic N) is 1. The molecule has 1 aromatic rings. The van der Waals surface area contributed by atoms with Gasteiger partial charge in [-0.2, -0.15) is 0 Å². The first-order valence-corrected chi connectivity index (χ1v) is 7.65. The van der Waals surface area contributed by atoms with Gasteiger partial charge in [-0.25, -0.2) is 9.59 Å². The summed E-state index contributed by atoms with van der Waals surface area (Å²) < 4.78 is 14.8. The van der Waals surface area contributed by atoms with Gasteiger partial charge in [0.25, 0.3) is 0 Å². The van der Waals surface area contributed by atoms with E-state index in [-0.39, 0.29) is 5.75 Å². The fraction of sp³-hybridized carbons (Fsp3) is 0.333. The van der Waals surface area contributed by atoms with Crippen LogP contribution in [0.1, 0.15) is 11.5 Å². The van der Waals surface area contributed by atoms with E-state index in [1.807, 2.05) is 0 Å². The largest absolute Gasteiger partial charge is 0.508 e. The van der Waals surface area contributed by atoms with Crippen LogP contribution in [0.15, 0.2) is 47.8 Å². The molecule has 0 aromatic heterocycles. The third kappa shape index (κ3) is 4.19. The van der Waals surface area contributed by atoms with Crippen LogP contribution in [0.25, 0.3) is 0 Å². The number of phenolic OH excluding ortho intramolecular Hbond substituents is 1. The van der Waals surface area contributed by atoms with Gasteiger partial charge < -0.3 is 24.2 Å². The molecule has 0 unspecified atom stereocenters. The molecule has 134 valence electrons. The zero-order valence-electron chi connectivity index (χ0n) is 14.4. The molecular weight excluding hydrogens is 326 g/mol. The fourth-order valence-electron chi connectivity index (χ4n) is 2.64. The summed E-state index contributed by atoms with van der Waals surface area (Å²) in [5.41, 5.74) is 1.26. The van der Waals surface area contributed by atoms with Gasteiger partial charge in [0.05, 0.1) is 37.9 Å². The monoisotopic (exact) mass is 347 g/mol. The second-order valence-corrected chi connectivity index (χ2v) is 5.41. The van der Waals surface area contributed by atoms with Crippen LogP contribution in [-0.4, -0.2) is 56.4 Å². The quantitative estimate of drug-likeness (QED) is 0.782. The summed E-state index contributed by atoms with van der Waals surface area (Å²) in [6.45, 7) is 0.875. The third-order valence-corrected chi connectivity index (χ3v) is 3.85. The Labute approximate surface area is 146 Å². The predicted octanol–water partition coefficient (Wildman–Crippen LogP) is 1.55. The van der Waals surface area contributed by atoms with Crippen molar-refractivity contribution >= 4 is 11.9 Å². The van der Waals surface area contributed by atoms with Crippen molar-refractivity contribution < 1.29 is 28.9 Å². The van der Waals surface area contributed by atoms with Crippen LogP contribution >= 0.6 is 0 Å². The first kappa shape index (κ1) is 18.5. The molecule has 0 aliphatic carbocycles. The number of hydrogen-bond acceptors (Lipinski definition) is 7. The molecule has 1 aliphatic rings. The summed E-state index contributed by atoms with van der Waals surface area (Å²) in [4.78, 5) is 26.3. The molecule has 0 radical (unpaired) electrons. The van der Waals surface area contributed by atoms with Crippen LogP contribution in [0.3, 0.4) is 0 Å². The van der Waals surface area contributed by atoms with E-state index < -0.39 is 17.9 Å². The number of rotatable bonds is 6. The lowest BCUT2D eigenvalue weighted by Crippen LogP contribution is -2.30. The number of hydrogen-bond donors (Lipinski definition) is 1. The van der Waals surface area contributed by atoms with E-state index in [2.05, 4.69) is 0 Å². The van der Waals surface area contributed by atoms with Crippen LogP contribution in [-0.2, 0) is 23.8 Å². The van der Waals surface area contributed by atoms with Gasteiger partial charge in [-0.15, -0.1) is 0 Å². The van der Waals surface area contributed by atoms with Gasteiger partial charge in [0.2, 0.25) is 0 Å². The number of carbonyl (C=O) groups excluding carboxylic acids is 2. The lowest BCUT2D eigenvalue weighted by molar-refractivity contribution is -0.137. The van der Waals surface area contributed by atoms with Gasteiger partial charge in [0, 0.05) is 26.1 Å². The Kier molecular flexibility index (Phi) is 6.19. The lowest BCUT2D eigenvalue weighted by atomic mass is 9.83. The average molecular weight is 347 g/mol. The predicted molar refractivity (Wildman–Crippen MR) is 89.6 cm³/mol. The van der Waals surface area contributed by atoms with Gasteiger partial charge in [-0.1, -0.05) is 12.1 Å². The van der Waals surface area contributed by atoms with Crippen LogP contribution in [0.2, 0.25) is 0 Å². The van der Waals surface area contributed by atoms with E-state index in [9.17, 15) is 14.7 Å². The van der Waals surface area contributed by atoms with Crippen molar-refractivity contribution in [1.82, 2.24) is 4.90 Å². The Balaban J connectivity index is 2.52. The summed E-state index contributed by atoms with van der Waals surface area (Å²) in [7, 11) is 4.14. The van der Waals surface area contributed by atoms with Gasteiger partial charge in [0.15, 0.2) is 0 Å².